The fourth-order valence-electron chi connectivity index (χ4n) is 1.99. The molecule has 0 aliphatic heterocycles. The van der Waals surface area contributed by atoms with Gasteiger partial charge in [0, 0.05) is 12.6 Å². The highest BCUT2D eigenvalue weighted by atomic mass is 16.5. The Hall–Kier alpha value is -1.55. The predicted molar refractivity (Wildman–Crippen MR) is 76.8 cm³/mol. The maximum atomic E-state index is 10.5. The third-order valence-corrected chi connectivity index (χ3v) is 2.76. The molecule has 1 aromatic rings. The van der Waals surface area contributed by atoms with Crippen LogP contribution >= 0.6 is 0 Å². The van der Waals surface area contributed by atoms with E-state index in [-0.39, 0.29) is 11.5 Å². The molecule has 0 spiro atoms. The van der Waals surface area contributed by atoms with Gasteiger partial charge in [0.05, 0.1) is 0 Å². The third-order valence-electron chi connectivity index (χ3n) is 2.76. The van der Waals surface area contributed by atoms with Crippen molar-refractivity contribution in [2.45, 2.75) is 33.2 Å². The molecule has 3 N–H and O–H groups in total. The van der Waals surface area contributed by atoms with E-state index in [1.54, 1.807) is 0 Å². The Kier molecular flexibility index (Phi) is 5.83. The highest BCUT2D eigenvalue weighted by Gasteiger charge is 2.19. The largest absolute Gasteiger partial charge is 0.448 e. The Balaban J connectivity index is 2.58. The zero-order valence-corrected chi connectivity index (χ0v) is 12.0. The van der Waals surface area contributed by atoms with Crippen LogP contribution in [0.15, 0.2) is 30.3 Å². The van der Waals surface area contributed by atoms with Gasteiger partial charge < -0.3 is 15.8 Å². The monoisotopic (exact) mass is 264 g/mol. The van der Waals surface area contributed by atoms with Crippen molar-refractivity contribution in [2.24, 2.45) is 11.1 Å². The molecule has 0 radical (unpaired) electrons. The van der Waals surface area contributed by atoms with Crippen molar-refractivity contribution in [3.63, 3.8) is 0 Å². The molecule has 1 atom stereocenters. The van der Waals surface area contributed by atoms with Gasteiger partial charge in [0.15, 0.2) is 0 Å². The molecule has 1 rings (SSSR count). The summed E-state index contributed by atoms with van der Waals surface area (Å²) in [5.74, 6) is 0. The molecule has 0 aliphatic rings. The van der Waals surface area contributed by atoms with Crippen molar-refractivity contribution in [2.75, 3.05) is 13.2 Å². The van der Waals surface area contributed by atoms with Gasteiger partial charge in [-0.3, -0.25) is 0 Å². The van der Waals surface area contributed by atoms with E-state index in [0.29, 0.717) is 13.2 Å². The maximum Gasteiger partial charge on any atom is 0.404 e. The number of hydrogen-bond acceptors (Lipinski definition) is 3. The van der Waals surface area contributed by atoms with Gasteiger partial charge in [0.1, 0.15) is 6.61 Å². The third kappa shape index (κ3) is 6.82. The number of rotatable bonds is 6. The van der Waals surface area contributed by atoms with Gasteiger partial charge in [-0.2, -0.15) is 0 Å². The van der Waals surface area contributed by atoms with Crippen molar-refractivity contribution in [1.82, 2.24) is 5.32 Å². The lowest BCUT2D eigenvalue weighted by Gasteiger charge is -2.27. The second-order valence-electron chi connectivity index (χ2n) is 5.85. The van der Waals surface area contributed by atoms with Crippen LogP contribution in [0, 0.1) is 5.41 Å². The van der Waals surface area contributed by atoms with Crippen LogP contribution in [0.1, 0.15) is 38.8 Å². The van der Waals surface area contributed by atoms with E-state index in [2.05, 4.69) is 38.2 Å². The number of nitrogens with one attached hydrogen (secondary N) is 1. The molecule has 106 valence electrons. The Labute approximate surface area is 115 Å². The number of hydrogen-bond donors (Lipinski definition) is 2. The number of carbonyl (C=O) groups is 1. The Morgan fingerprint density at radius 1 is 1.32 bits per heavy atom. The van der Waals surface area contributed by atoms with Crippen molar-refractivity contribution in [3.8, 4) is 0 Å². The van der Waals surface area contributed by atoms with E-state index in [1.165, 1.54) is 5.56 Å². The molecule has 19 heavy (non-hydrogen) atoms. The summed E-state index contributed by atoms with van der Waals surface area (Å²) < 4.78 is 4.73. The van der Waals surface area contributed by atoms with Gasteiger partial charge in [-0.15, -0.1) is 0 Å². The summed E-state index contributed by atoms with van der Waals surface area (Å²) in [6.07, 6.45) is 0.280. The van der Waals surface area contributed by atoms with Crippen LogP contribution in [0.5, 0.6) is 0 Å². The average Bonchev–Trinajstić information content (AvgIpc) is 2.32. The predicted octanol–water partition coefficient (Wildman–Crippen LogP) is 2.85. The van der Waals surface area contributed by atoms with Crippen LogP contribution < -0.4 is 11.1 Å². The van der Waals surface area contributed by atoms with Crippen LogP contribution in [0.25, 0.3) is 0 Å². The van der Waals surface area contributed by atoms with Gasteiger partial charge >= 0.3 is 6.09 Å². The number of nitrogens with two attached hydrogens (primary N) is 1. The number of primary amides is 1. The van der Waals surface area contributed by atoms with Crippen LogP contribution in [-0.4, -0.2) is 19.2 Å². The van der Waals surface area contributed by atoms with E-state index in [4.69, 9.17) is 10.5 Å². The highest BCUT2D eigenvalue weighted by molar-refractivity contribution is 5.64. The van der Waals surface area contributed by atoms with Gasteiger partial charge in [-0.05, 0) is 17.4 Å². The standard InChI is InChI=1S/C15H24N2O2/c1-15(2,3)11-13(12-7-5-4-6-8-12)17-9-10-19-14(16)18/h4-8,13,17H,9-11H2,1-3H3,(H2,16,18). The van der Waals surface area contributed by atoms with Crippen molar-refractivity contribution >= 4 is 6.09 Å². The second-order valence-corrected chi connectivity index (χ2v) is 5.85. The number of carbonyl (C=O) groups excluding carboxylic acids is 1. The molecular weight excluding hydrogens is 240 g/mol. The number of amides is 1. The fraction of sp³-hybridized carbons (Fsp3) is 0.533. The Morgan fingerprint density at radius 2 is 1.95 bits per heavy atom. The van der Waals surface area contributed by atoms with Crippen LogP contribution in [0.3, 0.4) is 0 Å². The molecule has 0 heterocycles. The van der Waals surface area contributed by atoms with E-state index in [9.17, 15) is 4.79 Å². The van der Waals surface area contributed by atoms with Gasteiger partial charge in [0.25, 0.3) is 0 Å². The van der Waals surface area contributed by atoms with Crippen LogP contribution in [0.4, 0.5) is 4.79 Å². The summed E-state index contributed by atoms with van der Waals surface area (Å²) in [5.41, 5.74) is 6.40. The van der Waals surface area contributed by atoms with E-state index in [1.807, 2.05) is 18.2 Å². The number of benzene rings is 1. The van der Waals surface area contributed by atoms with E-state index >= 15 is 0 Å². The van der Waals surface area contributed by atoms with Crippen molar-refractivity contribution in [1.29, 1.82) is 0 Å². The summed E-state index contributed by atoms with van der Waals surface area (Å²) in [4.78, 5) is 10.5. The smallest absolute Gasteiger partial charge is 0.404 e. The SMILES string of the molecule is CC(C)(C)CC(NCCOC(N)=O)c1ccccc1. The zero-order chi connectivity index (χ0) is 14.3. The lowest BCUT2D eigenvalue weighted by Crippen LogP contribution is -2.30. The van der Waals surface area contributed by atoms with Crippen molar-refractivity contribution in [3.05, 3.63) is 35.9 Å². The maximum absolute atomic E-state index is 10.5. The molecule has 0 aromatic heterocycles. The van der Waals surface area contributed by atoms with Gasteiger partial charge in [-0.1, -0.05) is 51.1 Å². The first-order chi connectivity index (χ1) is 8.88. The Morgan fingerprint density at radius 3 is 2.47 bits per heavy atom. The Bertz CT molecular complexity index is 385. The van der Waals surface area contributed by atoms with E-state index in [0.717, 1.165) is 6.42 Å². The van der Waals surface area contributed by atoms with Gasteiger partial charge in [0.2, 0.25) is 0 Å². The molecule has 4 nitrogen and oxygen atoms in total. The first-order valence-electron chi connectivity index (χ1n) is 6.59. The molecule has 1 unspecified atom stereocenters. The first kappa shape index (κ1) is 15.5. The molecule has 0 aliphatic carbocycles. The van der Waals surface area contributed by atoms with Crippen LogP contribution in [-0.2, 0) is 4.74 Å². The minimum Gasteiger partial charge on any atom is -0.448 e. The lowest BCUT2D eigenvalue weighted by molar-refractivity contribution is 0.154. The molecule has 4 heteroatoms. The van der Waals surface area contributed by atoms with Crippen LogP contribution in [0.2, 0.25) is 0 Å². The quantitative estimate of drug-likeness (QED) is 0.776. The molecule has 0 bridgehead atoms. The highest BCUT2D eigenvalue weighted by Crippen LogP contribution is 2.29. The number of ether oxygens (including phenoxy) is 1. The average molecular weight is 264 g/mol. The molecular formula is C15H24N2O2. The lowest BCUT2D eigenvalue weighted by atomic mass is 9.85. The van der Waals surface area contributed by atoms with E-state index < -0.39 is 6.09 Å². The molecule has 1 amide bonds. The fourth-order valence-corrected chi connectivity index (χ4v) is 1.99. The summed E-state index contributed by atoms with van der Waals surface area (Å²) in [6, 6.07) is 10.5. The summed E-state index contributed by atoms with van der Waals surface area (Å²) >= 11 is 0. The minimum atomic E-state index is -0.728. The van der Waals surface area contributed by atoms with Crippen molar-refractivity contribution < 1.29 is 9.53 Å². The normalized spacial score (nSPS) is 13.0. The molecule has 0 saturated carbocycles. The molecule has 0 fully saturated rings. The summed E-state index contributed by atoms with van der Waals surface area (Å²) in [6.45, 7) is 7.53. The summed E-state index contributed by atoms with van der Waals surface area (Å²) in [7, 11) is 0. The first-order valence-corrected chi connectivity index (χ1v) is 6.59. The second kappa shape index (κ2) is 7.14. The molecule has 1 aromatic carbocycles. The molecule has 0 saturated heterocycles. The zero-order valence-electron chi connectivity index (χ0n) is 12.0. The van der Waals surface area contributed by atoms with Gasteiger partial charge in [-0.25, -0.2) is 4.79 Å². The summed E-state index contributed by atoms with van der Waals surface area (Å²) in [5, 5.41) is 3.42. The minimum absolute atomic E-state index is 0.220. The topological polar surface area (TPSA) is 64.3 Å².